The van der Waals surface area contributed by atoms with Crippen molar-refractivity contribution in [2.75, 3.05) is 6.54 Å². The number of halogens is 2. The molecule has 1 saturated carbocycles. The Morgan fingerprint density at radius 2 is 1.84 bits per heavy atom. The van der Waals surface area contributed by atoms with Gasteiger partial charge in [-0.3, -0.25) is 19.2 Å². The zero-order chi connectivity index (χ0) is 23.1. The summed E-state index contributed by atoms with van der Waals surface area (Å²) in [4.78, 5) is 53.1. The van der Waals surface area contributed by atoms with E-state index >= 15 is 0 Å². The van der Waals surface area contributed by atoms with Crippen molar-refractivity contribution in [3.8, 4) is 0 Å². The van der Waals surface area contributed by atoms with Crippen LogP contribution in [0.15, 0.2) is 41.2 Å². The number of rotatable bonds is 11. The standard InChI is InChI=1S/C21H22F2N4O4S/c22-21(23)8-14(21)7-17(28)24-10-18(29)27-16(6-13-4-2-1-3-5-13)19(30)20(31)25-9-15-11-32-12-26-15/h1-5,11-12,14,16H,6-10H2,(H,24,28)(H,25,31)(H,27,29)/t14?,16-/m1/s1. The average Bonchev–Trinajstić information content (AvgIpc) is 3.14. The molecule has 1 aromatic carbocycles. The number of hydrogen-bond donors (Lipinski definition) is 3. The maximum Gasteiger partial charge on any atom is 0.289 e. The second kappa shape index (κ2) is 10.4. The number of thiazole rings is 1. The number of nitrogens with one attached hydrogen (secondary N) is 3. The highest BCUT2D eigenvalue weighted by Gasteiger charge is 2.57. The fraction of sp³-hybridized carbons (Fsp3) is 0.381. The Morgan fingerprint density at radius 3 is 2.47 bits per heavy atom. The summed E-state index contributed by atoms with van der Waals surface area (Å²) in [5.41, 5.74) is 2.92. The SMILES string of the molecule is O=C(CC1CC1(F)F)NCC(=O)N[C@H](Cc1ccccc1)C(=O)C(=O)NCc1cscn1. The van der Waals surface area contributed by atoms with Crippen LogP contribution in [0.4, 0.5) is 8.78 Å². The lowest BCUT2D eigenvalue weighted by Gasteiger charge is -2.18. The van der Waals surface area contributed by atoms with Crippen LogP contribution in [-0.4, -0.2) is 47.0 Å². The third kappa shape index (κ3) is 6.91. The van der Waals surface area contributed by atoms with E-state index in [1.165, 1.54) is 11.3 Å². The van der Waals surface area contributed by atoms with Gasteiger partial charge in [-0.1, -0.05) is 30.3 Å². The fourth-order valence-corrected chi connectivity index (χ4v) is 3.57. The molecule has 1 aromatic heterocycles. The summed E-state index contributed by atoms with van der Waals surface area (Å²) in [7, 11) is 0. The van der Waals surface area contributed by atoms with Crippen molar-refractivity contribution in [2.24, 2.45) is 5.92 Å². The zero-order valence-corrected chi connectivity index (χ0v) is 17.8. The van der Waals surface area contributed by atoms with Crippen molar-refractivity contribution >= 4 is 34.8 Å². The predicted molar refractivity (Wildman–Crippen MR) is 112 cm³/mol. The smallest absolute Gasteiger partial charge is 0.289 e. The molecule has 1 unspecified atom stereocenters. The fourth-order valence-electron chi connectivity index (χ4n) is 3.01. The molecule has 0 saturated heterocycles. The van der Waals surface area contributed by atoms with Crippen molar-refractivity contribution in [3.05, 3.63) is 52.5 Å². The lowest BCUT2D eigenvalue weighted by Crippen LogP contribution is -2.50. The van der Waals surface area contributed by atoms with E-state index in [0.29, 0.717) is 5.69 Å². The molecule has 11 heteroatoms. The topological polar surface area (TPSA) is 117 Å². The molecule has 1 aliphatic carbocycles. The average molecular weight is 464 g/mol. The third-order valence-electron chi connectivity index (χ3n) is 4.91. The first-order chi connectivity index (χ1) is 15.2. The van der Waals surface area contributed by atoms with Gasteiger partial charge in [0, 0.05) is 30.6 Å². The molecule has 3 N–H and O–H groups in total. The van der Waals surface area contributed by atoms with Gasteiger partial charge >= 0.3 is 0 Å². The van der Waals surface area contributed by atoms with Crippen molar-refractivity contribution in [3.63, 3.8) is 0 Å². The maximum absolute atomic E-state index is 12.9. The van der Waals surface area contributed by atoms with E-state index in [1.54, 1.807) is 41.2 Å². The van der Waals surface area contributed by atoms with Crippen LogP contribution in [0.2, 0.25) is 0 Å². The molecule has 32 heavy (non-hydrogen) atoms. The Kier molecular flexibility index (Phi) is 7.62. The number of ketones is 1. The molecule has 3 amide bonds. The number of hydrogen-bond acceptors (Lipinski definition) is 6. The van der Waals surface area contributed by atoms with Crippen LogP contribution in [0, 0.1) is 5.92 Å². The quantitative estimate of drug-likeness (QED) is 0.433. The summed E-state index contributed by atoms with van der Waals surface area (Å²) < 4.78 is 25.8. The van der Waals surface area contributed by atoms with Gasteiger partial charge in [-0.2, -0.15) is 0 Å². The second-order valence-electron chi connectivity index (χ2n) is 7.48. The molecular weight excluding hydrogens is 442 g/mol. The molecule has 0 aliphatic heterocycles. The number of nitrogens with zero attached hydrogens (tertiary/aromatic N) is 1. The largest absolute Gasteiger partial charge is 0.347 e. The molecule has 0 spiro atoms. The predicted octanol–water partition coefficient (Wildman–Crippen LogP) is 1.22. The number of Topliss-reactive ketones (excluding diaryl/α,β-unsaturated/α-hetero) is 1. The van der Waals surface area contributed by atoms with Gasteiger partial charge in [-0.25, -0.2) is 13.8 Å². The molecule has 2 atom stereocenters. The van der Waals surface area contributed by atoms with Gasteiger partial charge in [0.2, 0.25) is 17.6 Å². The Bertz CT molecular complexity index is 969. The van der Waals surface area contributed by atoms with Gasteiger partial charge in [0.15, 0.2) is 0 Å². The maximum atomic E-state index is 12.9. The minimum Gasteiger partial charge on any atom is -0.347 e. The first-order valence-corrected chi connectivity index (χ1v) is 10.9. The minimum atomic E-state index is -2.82. The highest BCUT2D eigenvalue weighted by atomic mass is 32.1. The Labute approximate surface area is 186 Å². The van der Waals surface area contributed by atoms with E-state index in [-0.39, 0.29) is 25.8 Å². The third-order valence-corrected chi connectivity index (χ3v) is 5.54. The van der Waals surface area contributed by atoms with Crippen LogP contribution >= 0.6 is 11.3 Å². The van der Waals surface area contributed by atoms with E-state index in [9.17, 15) is 28.0 Å². The molecule has 1 heterocycles. The first-order valence-electron chi connectivity index (χ1n) is 9.91. The van der Waals surface area contributed by atoms with E-state index in [0.717, 1.165) is 5.56 Å². The summed E-state index contributed by atoms with van der Waals surface area (Å²) in [6.45, 7) is -0.419. The molecule has 2 aromatic rings. The summed E-state index contributed by atoms with van der Waals surface area (Å²) in [5.74, 6) is -6.92. The van der Waals surface area contributed by atoms with E-state index < -0.39 is 47.9 Å². The monoisotopic (exact) mass is 464 g/mol. The molecule has 3 rings (SSSR count). The van der Waals surface area contributed by atoms with Crippen molar-refractivity contribution in [2.45, 2.75) is 37.8 Å². The number of amides is 3. The second-order valence-corrected chi connectivity index (χ2v) is 8.20. The highest BCUT2D eigenvalue weighted by Crippen LogP contribution is 2.50. The molecule has 170 valence electrons. The van der Waals surface area contributed by atoms with Crippen LogP contribution in [0.25, 0.3) is 0 Å². The van der Waals surface area contributed by atoms with Gasteiger partial charge < -0.3 is 16.0 Å². The Hall–Kier alpha value is -3.21. The van der Waals surface area contributed by atoms with Gasteiger partial charge in [0.1, 0.15) is 6.04 Å². The number of aromatic nitrogens is 1. The number of benzene rings is 1. The normalized spacial score (nSPS) is 17.1. The molecule has 0 bridgehead atoms. The number of alkyl halides is 2. The molecule has 1 aliphatic rings. The van der Waals surface area contributed by atoms with Crippen molar-refractivity contribution in [1.29, 1.82) is 0 Å². The van der Waals surface area contributed by atoms with Crippen LogP contribution in [-0.2, 0) is 32.1 Å². The van der Waals surface area contributed by atoms with Gasteiger partial charge in [-0.05, 0) is 5.56 Å². The lowest BCUT2D eigenvalue weighted by molar-refractivity contribution is -0.140. The summed E-state index contributed by atoms with van der Waals surface area (Å²) in [6.07, 6.45) is -0.639. The first kappa shape index (κ1) is 23.5. The molecule has 0 radical (unpaired) electrons. The summed E-state index contributed by atoms with van der Waals surface area (Å²) in [5, 5.41) is 8.93. The highest BCUT2D eigenvalue weighted by molar-refractivity contribution is 7.07. The molecular formula is C21H22F2N4O4S. The van der Waals surface area contributed by atoms with Crippen molar-refractivity contribution in [1.82, 2.24) is 20.9 Å². The van der Waals surface area contributed by atoms with Gasteiger partial charge in [-0.15, -0.1) is 11.3 Å². The van der Waals surface area contributed by atoms with Gasteiger partial charge in [0.05, 0.1) is 24.3 Å². The minimum absolute atomic E-state index is 0.0672. The van der Waals surface area contributed by atoms with Crippen LogP contribution in [0.1, 0.15) is 24.1 Å². The molecule has 8 nitrogen and oxygen atoms in total. The lowest BCUT2D eigenvalue weighted by atomic mass is 10.0. The number of carbonyl (C=O) groups is 4. The van der Waals surface area contributed by atoms with Crippen LogP contribution in [0.3, 0.4) is 0 Å². The van der Waals surface area contributed by atoms with Crippen LogP contribution in [0.5, 0.6) is 0 Å². The van der Waals surface area contributed by atoms with E-state index in [4.69, 9.17) is 0 Å². The van der Waals surface area contributed by atoms with Crippen LogP contribution < -0.4 is 16.0 Å². The van der Waals surface area contributed by atoms with E-state index in [1.807, 2.05) is 0 Å². The zero-order valence-electron chi connectivity index (χ0n) is 17.0. The number of carbonyl (C=O) groups excluding carboxylic acids is 4. The summed E-state index contributed by atoms with van der Waals surface area (Å²) >= 11 is 1.35. The van der Waals surface area contributed by atoms with Crippen molar-refractivity contribution < 1.29 is 28.0 Å². The molecule has 1 fully saturated rings. The van der Waals surface area contributed by atoms with E-state index in [2.05, 4.69) is 20.9 Å². The Morgan fingerprint density at radius 1 is 1.12 bits per heavy atom. The summed E-state index contributed by atoms with van der Waals surface area (Å²) in [6, 6.07) is 7.64. The van der Waals surface area contributed by atoms with Gasteiger partial charge in [0.25, 0.3) is 11.8 Å². The Balaban J connectivity index is 1.55.